The summed E-state index contributed by atoms with van der Waals surface area (Å²) in [6, 6.07) is 9.61. The number of amides is 1. The van der Waals surface area contributed by atoms with Gasteiger partial charge in [-0.3, -0.25) is 23.9 Å². The van der Waals surface area contributed by atoms with Gasteiger partial charge in [0.2, 0.25) is 5.91 Å². The smallest absolute Gasteiger partial charge is 0.416 e. The van der Waals surface area contributed by atoms with Crippen LogP contribution >= 0.6 is 11.6 Å². The number of carbonyl (C=O) groups excluding carboxylic acids is 1. The van der Waals surface area contributed by atoms with Crippen molar-refractivity contribution in [2.75, 3.05) is 19.6 Å². The molecule has 1 fully saturated rings. The predicted molar refractivity (Wildman–Crippen MR) is 175 cm³/mol. The SMILES string of the molecule is Cc1cc2cc(c1F)[C@H](CC(=O)O)NC(=O)[C@H](n1cc(CCN3CC(F)C3)c(C(F)(F)F)cc1=O)c1cc(ccc1Cl)Oc1cccc(C)c1-2. The van der Waals surface area contributed by atoms with Crippen LogP contribution in [0.15, 0.2) is 65.6 Å². The van der Waals surface area contributed by atoms with Crippen LogP contribution in [0.3, 0.4) is 0 Å². The van der Waals surface area contributed by atoms with E-state index >= 15 is 4.39 Å². The molecule has 3 aromatic carbocycles. The summed E-state index contributed by atoms with van der Waals surface area (Å²) in [4.78, 5) is 41.7. The minimum absolute atomic E-state index is 0.0524. The zero-order chi connectivity index (χ0) is 36.1. The Morgan fingerprint density at radius 3 is 2.46 bits per heavy atom. The molecule has 4 bridgehead atoms. The molecule has 2 atom stereocenters. The second-order valence-corrected chi connectivity index (χ2v) is 13.0. The van der Waals surface area contributed by atoms with E-state index in [1.807, 2.05) is 13.0 Å². The first-order valence-corrected chi connectivity index (χ1v) is 16.1. The fourth-order valence-electron chi connectivity index (χ4n) is 6.52. The molecule has 1 saturated heterocycles. The van der Waals surface area contributed by atoms with Crippen LogP contribution in [0.5, 0.6) is 11.5 Å². The predicted octanol–water partition coefficient (Wildman–Crippen LogP) is 7.17. The van der Waals surface area contributed by atoms with Crippen molar-refractivity contribution in [1.29, 1.82) is 0 Å². The third-order valence-electron chi connectivity index (χ3n) is 8.97. The number of ether oxygens (including phenoxy) is 1. The molecule has 2 aliphatic heterocycles. The van der Waals surface area contributed by atoms with Gasteiger partial charge in [0.1, 0.15) is 29.5 Å². The van der Waals surface area contributed by atoms with Crippen molar-refractivity contribution in [3.8, 4) is 22.6 Å². The first kappa shape index (κ1) is 35.1. The van der Waals surface area contributed by atoms with Crippen LogP contribution in [-0.2, 0) is 22.2 Å². The first-order valence-electron chi connectivity index (χ1n) is 15.7. The highest BCUT2D eigenvalue weighted by atomic mass is 35.5. The molecule has 14 heteroatoms. The van der Waals surface area contributed by atoms with Gasteiger partial charge >= 0.3 is 12.1 Å². The van der Waals surface area contributed by atoms with Gasteiger partial charge < -0.3 is 15.2 Å². The summed E-state index contributed by atoms with van der Waals surface area (Å²) in [6.45, 7) is 3.46. The van der Waals surface area contributed by atoms with E-state index in [0.29, 0.717) is 22.9 Å². The van der Waals surface area contributed by atoms with Crippen LogP contribution in [-0.4, -0.2) is 52.3 Å². The highest BCUT2D eigenvalue weighted by Gasteiger charge is 2.37. The number of likely N-dealkylation sites (tertiary alicyclic amines) is 1. The van der Waals surface area contributed by atoms with Gasteiger partial charge in [0.25, 0.3) is 5.56 Å². The highest BCUT2D eigenvalue weighted by molar-refractivity contribution is 6.31. The van der Waals surface area contributed by atoms with Crippen molar-refractivity contribution in [3.63, 3.8) is 0 Å². The number of nitrogens with zero attached hydrogens (tertiary/aromatic N) is 2. The largest absolute Gasteiger partial charge is 0.481 e. The zero-order valence-corrected chi connectivity index (χ0v) is 27.5. The number of carboxylic acids is 1. The molecule has 0 spiro atoms. The number of aryl methyl sites for hydroxylation is 2. The summed E-state index contributed by atoms with van der Waals surface area (Å²) in [5, 5.41) is 12.3. The molecule has 0 aliphatic carbocycles. The molecule has 0 radical (unpaired) electrons. The summed E-state index contributed by atoms with van der Waals surface area (Å²) < 4.78 is 79.0. The molecule has 50 heavy (non-hydrogen) atoms. The number of benzene rings is 3. The Balaban J connectivity index is 1.58. The molecule has 8 nitrogen and oxygen atoms in total. The van der Waals surface area contributed by atoms with Crippen molar-refractivity contribution < 1.29 is 41.4 Å². The number of carbonyl (C=O) groups is 2. The number of hydrogen-bond donors (Lipinski definition) is 2. The van der Waals surface area contributed by atoms with Gasteiger partial charge in [-0.25, -0.2) is 8.78 Å². The summed E-state index contributed by atoms with van der Waals surface area (Å²) >= 11 is 6.63. The van der Waals surface area contributed by atoms with E-state index in [4.69, 9.17) is 16.3 Å². The van der Waals surface area contributed by atoms with E-state index in [-0.39, 0.29) is 59.1 Å². The van der Waals surface area contributed by atoms with Crippen LogP contribution in [0, 0.1) is 19.7 Å². The Labute approximate surface area is 288 Å². The lowest BCUT2D eigenvalue weighted by Crippen LogP contribution is -2.49. The van der Waals surface area contributed by atoms with Gasteiger partial charge in [-0.1, -0.05) is 23.7 Å². The molecule has 2 N–H and O–H groups in total. The fourth-order valence-corrected chi connectivity index (χ4v) is 6.74. The number of rotatable bonds is 6. The second-order valence-electron chi connectivity index (χ2n) is 12.6. The molecule has 6 rings (SSSR count). The number of hydrogen-bond acceptors (Lipinski definition) is 5. The number of carboxylic acid groups (broad SMARTS) is 1. The van der Waals surface area contributed by atoms with Crippen LogP contribution in [0.2, 0.25) is 5.02 Å². The number of nitrogens with one attached hydrogen (secondary N) is 1. The summed E-state index contributed by atoms with van der Waals surface area (Å²) in [5.41, 5.74) is -1.04. The van der Waals surface area contributed by atoms with Gasteiger partial charge in [0, 0.05) is 53.6 Å². The standard InChI is InChI=1S/C36H31ClF5N3O5/c1-18-4-3-5-29-32(18)21-10-19(2)33(39)25(11-21)28(14-31(47)48)43-35(49)34(24-12-23(50-29)6-7-27(24)37)45-15-20(8-9-44-16-22(38)17-44)26(13-30(45)46)36(40,41)42/h3-7,10-13,15,22,28,34H,8-9,14,16-17H2,1-2H3,(H,43,49)(H,47,48)/t28-,34+/m0/s1. The van der Waals surface area contributed by atoms with Crippen LogP contribution < -0.4 is 15.6 Å². The Bertz CT molecular complexity index is 2060. The van der Waals surface area contributed by atoms with E-state index in [1.165, 1.54) is 31.2 Å². The third-order valence-corrected chi connectivity index (χ3v) is 9.32. The Morgan fingerprint density at radius 1 is 1.04 bits per heavy atom. The number of alkyl halides is 4. The van der Waals surface area contributed by atoms with Crippen molar-refractivity contribution in [1.82, 2.24) is 14.8 Å². The minimum atomic E-state index is -4.93. The minimum Gasteiger partial charge on any atom is -0.481 e. The molecular formula is C36H31ClF5N3O5. The molecule has 0 saturated carbocycles. The maximum atomic E-state index is 15.9. The summed E-state index contributed by atoms with van der Waals surface area (Å²) in [5.74, 6) is -2.71. The quantitative estimate of drug-likeness (QED) is 0.206. The van der Waals surface area contributed by atoms with Crippen LogP contribution in [0.1, 0.15) is 51.9 Å². The van der Waals surface area contributed by atoms with E-state index in [2.05, 4.69) is 5.32 Å². The van der Waals surface area contributed by atoms with Crippen molar-refractivity contribution in [2.45, 2.75) is 51.1 Å². The average molecular weight is 716 g/mol. The van der Waals surface area contributed by atoms with Crippen molar-refractivity contribution in [2.24, 2.45) is 0 Å². The maximum Gasteiger partial charge on any atom is 0.416 e. The van der Waals surface area contributed by atoms with Gasteiger partial charge in [-0.2, -0.15) is 13.2 Å². The molecule has 1 amide bonds. The van der Waals surface area contributed by atoms with Gasteiger partial charge in [0.15, 0.2) is 0 Å². The monoisotopic (exact) mass is 715 g/mol. The number of halogens is 6. The molecule has 1 aromatic heterocycles. The zero-order valence-electron chi connectivity index (χ0n) is 26.8. The van der Waals surface area contributed by atoms with Crippen LogP contribution in [0.4, 0.5) is 22.0 Å². The number of aromatic nitrogens is 1. The van der Waals surface area contributed by atoms with Crippen LogP contribution in [0.25, 0.3) is 11.1 Å². The Kier molecular flexibility index (Phi) is 9.49. The maximum absolute atomic E-state index is 15.9. The van der Waals surface area contributed by atoms with Gasteiger partial charge in [-0.05, 0) is 78.9 Å². The lowest BCUT2D eigenvalue weighted by molar-refractivity contribution is -0.139. The molecule has 3 heterocycles. The fraction of sp³-hybridized carbons (Fsp3) is 0.306. The normalized spacial score (nSPS) is 18.1. The highest BCUT2D eigenvalue weighted by Crippen LogP contribution is 2.41. The topological polar surface area (TPSA) is 101 Å². The van der Waals surface area contributed by atoms with Crippen molar-refractivity contribution >= 4 is 23.5 Å². The van der Waals surface area contributed by atoms with E-state index < -0.39 is 59.7 Å². The third kappa shape index (κ3) is 6.97. The lowest BCUT2D eigenvalue weighted by Gasteiger charge is -2.34. The Morgan fingerprint density at radius 2 is 1.78 bits per heavy atom. The molecule has 4 aromatic rings. The molecular weight excluding hydrogens is 685 g/mol. The molecule has 0 unspecified atom stereocenters. The second kappa shape index (κ2) is 13.5. The van der Waals surface area contributed by atoms with E-state index in [9.17, 15) is 37.1 Å². The van der Waals surface area contributed by atoms with Gasteiger partial charge in [0.05, 0.1) is 18.0 Å². The van der Waals surface area contributed by atoms with E-state index in [0.717, 1.165) is 16.3 Å². The Hall–Kier alpha value is -4.75. The number of pyridine rings is 1. The lowest BCUT2D eigenvalue weighted by atomic mass is 9.92. The average Bonchev–Trinajstić information content (AvgIpc) is 3.02. The van der Waals surface area contributed by atoms with Crippen molar-refractivity contribution in [3.05, 3.63) is 115 Å². The van der Waals surface area contributed by atoms with Gasteiger partial charge in [-0.15, -0.1) is 0 Å². The summed E-state index contributed by atoms with van der Waals surface area (Å²) in [7, 11) is 0. The summed E-state index contributed by atoms with van der Waals surface area (Å²) in [6.07, 6.45) is -6.11. The first-order chi connectivity index (χ1) is 23.6. The number of fused-ring (bicyclic) bond motifs is 6. The molecule has 2 aliphatic rings. The number of aliphatic carboxylic acids is 1. The molecule has 262 valence electrons. The van der Waals surface area contributed by atoms with E-state index in [1.54, 1.807) is 23.1 Å².